The molecule has 0 unspecified atom stereocenters. The van der Waals surface area contributed by atoms with E-state index in [1.54, 1.807) is 0 Å². The van der Waals surface area contributed by atoms with Crippen molar-refractivity contribution in [3.63, 3.8) is 0 Å². The maximum Gasteiger partial charge on any atom is 0.253 e. The second-order valence-electron chi connectivity index (χ2n) is 9.06. The molecule has 0 spiro atoms. The Labute approximate surface area is 191 Å². The molecule has 2 heterocycles. The summed E-state index contributed by atoms with van der Waals surface area (Å²) in [5.74, 6) is 0.815. The highest BCUT2D eigenvalue weighted by molar-refractivity contribution is 5.94. The molecule has 0 atom stereocenters. The van der Waals surface area contributed by atoms with Crippen LogP contribution in [0.1, 0.15) is 54.4 Å². The molecule has 2 aromatic carbocycles. The summed E-state index contributed by atoms with van der Waals surface area (Å²) in [5, 5.41) is 3.10. The maximum absolute atomic E-state index is 12.6. The van der Waals surface area contributed by atoms with Crippen molar-refractivity contribution in [2.45, 2.75) is 44.9 Å². The van der Waals surface area contributed by atoms with Gasteiger partial charge in [0, 0.05) is 50.4 Å². The van der Waals surface area contributed by atoms with Gasteiger partial charge in [-0.05, 0) is 68.2 Å². The average Bonchev–Trinajstić information content (AvgIpc) is 2.86. The number of para-hydroxylation sites is 1. The third-order valence-electron chi connectivity index (χ3n) is 6.84. The van der Waals surface area contributed by atoms with E-state index in [-0.39, 0.29) is 11.8 Å². The molecule has 32 heavy (non-hydrogen) atoms. The lowest BCUT2D eigenvalue weighted by Gasteiger charge is -2.32. The molecule has 5 heteroatoms. The monoisotopic (exact) mass is 433 g/mol. The van der Waals surface area contributed by atoms with E-state index in [1.165, 1.54) is 24.1 Å². The zero-order valence-electron chi connectivity index (χ0n) is 19.0. The van der Waals surface area contributed by atoms with Crippen LogP contribution in [0.25, 0.3) is 0 Å². The summed E-state index contributed by atoms with van der Waals surface area (Å²) >= 11 is 0. The van der Waals surface area contributed by atoms with E-state index < -0.39 is 0 Å². The molecule has 170 valence electrons. The molecule has 1 fully saturated rings. The summed E-state index contributed by atoms with van der Waals surface area (Å²) in [7, 11) is 0. The Hall–Kier alpha value is -2.82. The molecule has 2 aliphatic heterocycles. The van der Waals surface area contributed by atoms with E-state index in [2.05, 4.69) is 34.5 Å². The zero-order valence-corrected chi connectivity index (χ0v) is 19.0. The van der Waals surface area contributed by atoms with Crippen LogP contribution >= 0.6 is 0 Å². The molecule has 4 rings (SSSR count). The SMILES string of the molecule is O=C(CCC1CCN(C(=O)c2ccccc2)CC1)NCCCN1CCCc2ccccc21. The van der Waals surface area contributed by atoms with Gasteiger partial charge in [-0.3, -0.25) is 9.59 Å². The molecule has 0 bridgehead atoms. The van der Waals surface area contributed by atoms with Crippen molar-refractivity contribution in [1.82, 2.24) is 10.2 Å². The Morgan fingerprint density at radius 2 is 1.69 bits per heavy atom. The first-order valence-corrected chi connectivity index (χ1v) is 12.1. The van der Waals surface area contributed by atoms with Crippen LogP contribution in [-0.4, -0.2) is 49.4 Å². The summed E-state index contributed by atoms with van der Waals surface area (Å²) in [6.07, 6.45) is 6.82. The quantitative estimate of drug-likeness (QED) is 0.633. The molecular weight excluding hydrogens is 398 g/mol. The fourth-order valence-corrected chi connectivity index (χ4v) is 4.95. The fraction of sp³-hybridized carbons (Fsp3) is 0.481. The number of amides is 2. The van der Waals surface area contributed by atoms with Gasteiger partial charge in [0.15, 0.2) is 0 Å². The number of likely N-dealkylation sites (tertiary alicyclic amines) is 1. The first kappa shape index (κ1) is 22.4. The number of rotatable bonds is 8. The number of carbonyl (C=O) groups excluding carboxylic acids is 2. The van der Waals surface area contributed by atoms with Crippen LogP contribution < -0.4 is 10.2 Å². The molecule has 0 radical (unpaired) electrons. The number of piperidine rings is 1. The topological polar surface area (TPSA) is 52.7 Å². The van der Waals surface area contributed by atoms with E-state index in [1.807, 2.05) is 35.2 Å². The number of nitrogens with one attached hydrogen (secondary N) is 1. The first-order valence-electron chi connectivity index (χ1n) is 12.1. The minimum Gasteiger partial charge on any atom is -0.371 e. The van der Waals surface area contributed by atoms with Crippen molar-refractivity contribution in [3.05, 3.63) is 65.7 Å². The van der Waals surface area contributed by atoms with Crippen molar-refractivity contribution in [2.24, 2.45) is 5.92 Å². The molecule has 0 aliphatic carbocycles. The second kappa shape index (κ2) is 11.2. The number of hydrogen-bond donors (Lipinski definition) is 1. The first-order chi connectivity index (χ1) is 15.7. The van der Waals surface area contributed by atoms with Gasteiger partial charge in [-0.1, -0.05) is 36.4 Å². The normalized spacial score (nSPS) is 16.5. The van der Waals surface area contributed by atoms with Gasteiger partial charge < -0.3 is 15.1 Å². The minimum absolute atomic E-state index is 0.123. The van der Waals surface area contributed by atoms with E-state index in [0.717, 1.165) is 64.0 Å². The molecule has 2 aliphatic rings. The van der Waals surface area contributed by atoms with Gasteiger partial charge in [0.25, 0.3) is 5.91 Å². The van der Waals surface area contributed by atoms with Gasteiger partial charge in [0.05, 0.1) is 0 Å². The third-order valence-corrected chi connectivity index (χ3v) is 6.84. The summed E-state index contributed by atoms with van der Waals surface area (Å²) in [6.45, 7) is 4.41. The van der Waals surface area contributed by atoms with Crippen molar-refractivity contribution in [1.29, 1.82) is 0 Å². The summed E-state index contributed by atoms with van der Waals surface area (Å²) in [6, 6.07) is 18.2. The predicted octanol–water partition coefficient (Wildman–Crippen LogP) is 4.28. The molecular formula is C27H35N3O2. The molecule has 1 N–H and O–H groups in total. The van der Waals surface area contributed by atoms with E-state index in [9.17, 15) is 9.59 Å². The lowest BCUT2D eigenvalue weighted by atomic mass is 9.91. The summed E-state index contributed by atoms with van der Waals surface area (Å²) in [5.41, 5.74) is 3.57. The highest BCUT2D eigenvalue weighted by Crippen LogP contribution is 2.26. The largest absolute Gasteiger partial charge is 0.371 e. The van der Waals surface area contributed by atoms with Crippen LogP contribution in [0, 0.1) is 5.92 Å². The van der Waals surface area contributed by atoms with Crippen molar-refractivity contribution >= 4 is 17.5 Å². The van der Waals surface area contributed by atoms with Gasteiger partial charge >= 0.3 is 0 Å². The van der Waals surface area contributed by atoms with Gasteiger partial charge in [-0.2, -0.15) is 0 Å². The van der Waals surface area contributed by atoms with Crippen LogP contribution in [0.2, 0.25) is 0 Å². The molecule has 1 saturated heterocycles. The number of anilines is 1. The highest BCUT2D eigenvalue weighted by Gasteiger charge is 2.24. The standard InChI is InChI=1S/C27H35N3O2/c31-26(28-17-7-19-29-18-6-11-23-8-4-5-12-25(23)29)14-13-22-15-20-30(21-16-22)27(32)24-9-2-1-3-10-24/h1-5,8-10,12,22H,6-7,11,13-21H2,(H,28,31). The fourth-order valence-electron chi connectivity index (χ4n) is 4.95. The third kappa shape index (κ3) is 5.90. The molecule has 2 amide bonds. The highest BCUT2D eigenvalue weighted by atomic mass is 16.2. The Balaban J connectivity index is 1.10. The Morgan fingerprint density at radius 1 is 0.938 bits per heavy atom. The Bertz CT molecular complexity index is 891. The lowest BCUT2D eigenvalue weighted by Crippen LogP contribution is -2.38. The van der Waals surface area contributed by atoms with Gasteiger partial charge in [-0.25, -0.2) is 0 Å². The number of nitrogens with zero attached hydrogens (tertiary/aromatic N) is 2. The Kier molecular flexibility index (Phi) is 7.81. The van der Waals surface area contributed by atoms with Gasteiger partial charge in [0.1, 0.15) is 0 Å². The van der Waals surface area contributed by atoms with Crippen LogP contribution in [0.3, 0.4) is 0 Å². The van der Waals surface area contributed by atoms with Gasteiger partial charge in [0.2, 0.25) is 5.91 Å². The molecule has 0 saturated carbocycles. The van der Waals surface area contributed by atoms with E-state index >= 15 is 0 Å². The summed E-state index contributed by atoms with van der Waals surface area (Å²) in [4.78, 5) is 29.3. The van der Waals surface area contributed by atoms with Gasteiger partial charge in [-0.15, -0.1) is 0 Å². The average molecular weight is 434 g/mol. The van der Waals surface area contributed by atoms with E-state index in [4.69, 9.17) is 0 Å². The number of fused-ring (bicyclic) bond motifs is 1. The van der Waals surface area contributed by atoms with E-state index in [0.29, 0.717) is 12.3 Å². The van der Waals surface area contributed by atoms with Crippen molar-refractivity contribution in [3.8, 4) is 0 Å². The second-order valence-corrected chi connectivity index (χ2v) is 9.06. The molecule has 0 aromatic heterocycles. The number of benzene rings is 2. The molecule has 5 nitrogen and oxygen atoms in total. The number of aryl methyl sites for hydroxylation is 1. The maximum atomic E-state index is 12.6. The zero-order chi connectivity index (χ0) is 22.2. The number of hydrogen-bond acceptors (Lipinski definition) is 3. The van der Waals surface area contributed by atoms with Crippen molar-refractivity contribution < 1.29 is 9.59 Å². The van der Waals surface area contributed by atoms with Crippen molar-refractivity contribution in [2.75, 3.05) is 37.6 Å². The number of carbonyl (C=O) groups is 2. The lowest BCUT2D eigenvalue weighted by molar-refractivity contribution is -0.121. The minimum atomic E-state index is 0.123. The van der Waals surface area contributed by atoms with Crippen LogP contribution in [0.4, 0.5) is 5.69 Å². The summed E-state index contributed by atoms with van der Waals surface area (Å²) < 4.78 is 0. The van der Waals surface area contributed by atoms with Crippen LogP contribution in [0.15, 0.2) is 54.6 Å². The van der Waals surface area contributed by atoms with Crippen LogP contribution in [-0.2, 0) is 11.2 Å². The smallest absolute Gasteiger partial charge is 0.253 e. The predicted molar refractivity (Wildman–Crippen MR) is 129 cm³/mol. The Morgan fingerprint density at radius 3 is 2.50 bits per heavy atom. The van der Waals surface area contributed by atoms with Crippen LogP contribution in [0.5, 0.6) is 0 Å². The molecule has 2 aromatic rings.